The monoisotopic (exact) mass is 440 g/mol. The van der Waals surface area contributed by atoms with Crippen LogP contribution in [0.3, 0.4) is 0 Å². The lowest BCUT2D eigenvalue weighted by Crippen LogP contribution is -2.50. The molecule has 0 radical (unpaired) electrons. The Morgan fingerprint density at radius 1 is 1.04 bits per heavy atom. The number of hydrogen-bond acceptors (Lipinski definition) is 6. The molecule has 2 aliphatic rings. The van der Waals surface area contributed by atoms with Crippen LogP contribution < -0.4 is 4.90 Å². The molecule has 2 aliphatic heterocycles. The number of hydrogen-bond donors (Lipinski definition) is 0. The van der Waals surface area contributed by atoms with Gasteiger partial charge in [0.05, 0.1) is 9.90 Å². The van der Waals surface area contributed by atoms with Gasteiger partial charge in [-0.25, -0.2) is 13.4 Å². The molecule has 0 saturated carbocycles. The highest BCUT2D eigenvalue weighted by atomic mass is 35.5. The summed E-state index contributed by atoms with van der Waals surface area (Å²) < 4.78 is 27.6. The SMILES string of the molecule is O=C(c1cccnc1N1CCCC1)N1CCN(S(=O)(=O)c2ccc(Cl)s2)CC1. The molecule has 28 heavy (non-hydrogen) atoms. The number of nitrogens with zero attached hydrogens (tertiary/aromatic N) is 4. The maximum Gasteiger partial charge on any atom is 0.257 e. The van der Waals surface area contributed by atoms with Gasteiger partial charge in [-0.1, -0.05) is 11.6 Å². The van der Waals surface area contributed by atoms with Crippen molar-refractivity contribution in [2.24, 2.45) is 0 Å². The van der Waals surface area contributed by atoms with E-state index in [1.54, 1.807) is 29.3 Å². The van der Waals surface area contributed by atoms with Crippen molar-refractivity contribution in [2.45, 2.75) is 17.1 Å². The molecule has 0 aromatic carbocycles. The van der Waals surface area contributed by atoms with Crippen molar-refractivity contribution in [3.8, 4) is 0 Å². The quantitative estimate of drug-likeness (QED) is 0.730. The highest BCUT2D eigenvalue weighted by molar-refractivity contribution is 7.91. The van der Waals surface area contributed by atoms with E-state index in [-0.39, 0.29) is 23.2 Å². The van der Waals surface area contributed by atoms with Crippen LogP contribution in [-0.4, -0.2) is 67.8 Å². The first-order valence-corrected chi connectivity index (χ1v) is 11.8. The average molecular weight is 441 g/mol. The minimum atomic E-state index is -3.57. The van der Waals surface area contributed by atoms with Crippen molar-refractivity contribution in [1.82, 2.24) is 14.2 Å². The van der Waals surface area contributed by atoms with Crippen LogP contribution in [0, 0.1) is 0 Å². The van der Waals surface area contributed by atoms with Crippen LogP contribution in [0.15, 0.2) is 34.7 Å². The van der Waals surface area contributed by atoms with Crippen LogP contribution in [0.2, 0.25) is 4.34 Å². The summed E-state index contributed by atoms with van der Waals surface area (Å²) in [6.45, 7) is 3.06. The minimum absolute atomic E-state index is 0.0915. The van der Waals surface area contributed by atoms with Crippen LogP contribution in [0.4, 0.5) is 5.82 Å². The van der Waals surface area contributed by atoms with Gasteiger partial charge < -0.3 is 9.80 Å². The third-order valence-electron chi connectivity index (χ3n) is 5.09. The third-order valence-corrected chi connectivity index (χ3v) is 8.69. The van der Waals surface area contributed by atoms with Gasteiger partial charge in [0.15, 0.2) is 0 Å². The highest BCUT2D eigenvalue weighted by Crippen LogP contribution is 2.29. The zero-order valence-corrected chi connectivity index (χ0v) is 17.6. The molecule has 0 spiro atoms. The molecule has 0 atom stereocenters. The van der Waals surface area contributed by atoms with Crippen molar-refractivity contribution in [1.29, 1.82) is 0 Å². The largest absolute Gasteiger partial charge is 0.356 e. The Labute approximate surface area is 173 Å². The molecule has 2 aromatic rings. The van der Waals surface area contributed by atoms with Crippen molar-refractivity contribution in [3.63, 3.8) is 0 Å². The Kier molecular flexibility index (Phi) is 5.59. The summed E-state index contributed by atoms with van der Waals surface area (Å²) >= 11 is 6.93. The maximum atomic E-state index is 13.1. The smallest absolute Gasteiger partial charge is 0.257 e. The van der Waals surface area contributed by atoms with Crippen molar-refractivity contribution < 1.29 is 13.2 Å². The number of anilines is 1. The molecule has 1 amide bonds. The summed E-state index contributed by atoms with van der Waals surface area (Å²) in [6.07, 6.45) is 3.92. The molecule has 4 heterocycles. The van der Waals surface area contributed by atoms with E-state index in [1.165, 1.54) is 10.4 Å². The fraction of sp³-hybridized carbons (Fsp3) is 0.444. The number of pyridine rings is 1. The third kappa shape index (κ3) is 3.76. The van der Waals surface area contributed by atoms with Gasteiger partial charge in [0, 0.05) is 45.5 Å². The van der Waals surface area contributed by atoms with E-state index in [0.29, 0.717) is 23.0 Å². The molecule has 0 bridgehead atoms. The molecule has 7 nitrogen and oxygen atoms in total. The molecule has 2 fully saturated rings. The lowest BCUT2D eigenvalue weighted by molar-refractivity contribution is 0.0698. The number of aromatic nitrogens is 1. The van der Waals surface area contributed by atoms with E-state index in [2.05, 4.69) is 9.88 Å². The fourth-order valence-corrected chi connectivity index (χ4v) is 6.67. The second-order valence-electron chi connectivity index (χ2n) is 6.82. The van der Waals surface area contributed by atoms with Crippen molar-refractivity contribution >= 4 is 44.7 Å². The summed E-state index contributed by atoms with van der Waals surface area (Å²) in [5.74, 6) is 0.638. The van der Waals surface area contributed by atoms with Crippen LogP contribution >= 0.6 is 22.9 Å². The van der Waals surface area contributed by atoms with Gasteiger partial charge in [0.25, 0.3) is 15.9 Å². The van der Waals surface area contributed by atoms with Gasteiger partial charge in [-0.3, -0.25) is 4.79 Å². The molecular formula is C18H21ClN4O3S2. The molecule has 0 N–H and O–H groups in total. The normalized spacial score (nSPS) is 18.6. The van der Waals surface area contributed by atoms with Gasteiger partial charge in [-0.2, -0.15) is 4.31 Å². The molecule has 2 aromatic heterocycles. The van der Waals surface area contributed by atoms with Gasteiger partial charge in [0.2, 0.25) is 0 Å². The number of thiophene rings is 1. The zero-order valence-electron chi connectivity index (χ0n) is 15.3. The average Bonchev–Trinajstić information content (AvgIpc) is 3.40. The second kappa shape index (κ2) is 7.98. The van der Waals surface area contributed by atoms with Crippen molar-refractivity contribution in [2.75, 3.05) is 44.2 Å². The molecule has 150 valence electrons. The number of carbonyl (C=O) groups excluding carboxylic acids is 1. The zero-order chi connectivity index (χ0) is 19.7. The Hall–Kier alpha value is -1.68. The number of rotatable bonds is 4. The summed E-state index contributed by atoms with van der Waals surface area (Å²) in [5, 5.41) is 0. The number of carbonyl (C=O) groups is 1. The van der Waals surface area contributed by atoms with Crippen LogP contribution in [0.5, 0.6) is 0 Å². The number of sulfonamides is 1. The molecule has 0 aliphatic carbocycles. The van der Waals surface area contributed by atoms with Crippen LogP contribution in [0.1, 0.15) is 23.2 Å². The topological polar surface area (TPSA) is 73.8 Å². The summed E-state index contributed by atoms with van der Waals surface area (Å²) in [5.41, 5.74) is 0.589. The van der Waals surface area contributed by atoms with Crippen LogP contribution in [0.25, 0.3) is 0 Å². The first-order chi connectivity index (χ1) is 13.5. The Balaban J connectivity index is 1.46. The molecular weight excluding hydrogens is 420 g/mol. The summed E-state index contributed by atoms with van der Waals surface area (Å²) in [4.78, 5) is 21.4. The van der Waals surface area contributed by atoms with Crippen molar-refractivity contribution in [3.05, 3.63) is 40.4 Å². The standard InChI is InChI=1S/C18H21ClN4O3S2/c19-15-5-6-16(27-15)28(25,26)23-12-10-22(11-13-23)18(24)14-4-3-7-20-17(14)21-8-1-2-9-21/h3-7H,1-2,8-13H2. The van der Waals surface area contributed by atoms with E-state index < -0.39 is 10.0 Å². The van der Waals surface area contributed by atoms with Gasteiger partial charge in [-0.15, -0.1) is 11.3 Å². The summed E-state index contributed by atoms with van der Waals surface area (Å²) in [6, 6.07) is 6.69. The van der Waals surface area contributed by atoms with Gasteiger partial charge in [0.1, 0.15) is 10.0 Å². The highest BCUT2D eigenvalue weighted by Gasteiger charge is 2.32. The van der Waals surface area contributed by atoms with Gasteiger partial charge in [-0.05, 0) is 37.1 Å². The number of amides is 1. The predicted molar refractivity (Wildman–Crippen MR) is 110 cm³/mol. The predicted octanol–water partition coefficient (Wildman–Crippen LogP) is 2.54. The van der Waals surface area contributed by atoms with E-state index >= 15 is 0 Å². The maximum absolute atomic E-state index is 13.1. The van der Waals surface area contributed by atoms with Crippen LogP contribution in [-0.2, 0) is 10.0 Å². The van der Waals surface area contributed by atoms with E-state index in [9.17, 15) is 13.2 Å². The lowest BCUT2D eigenvalue weighted by Gasteiger charge is -2.34. The molecule has 10 heteroatoms. The van der Waals surface area contributed by atoms with Gasteiger partial charge >= 0.3 is 0 Å². The Morgan fingerprint density at radius 2 is 1.75 bits per heavy atom. The fourth-order valence-electron chi connectivity index (χ4n) is 3.61. The number of halogens is 1. The molecule has 0 unspecified atom stereocenters. The van der Waals surface area contributed by atoms with E-state index in [0.717, 1.165) is 43.1 Å². The molecule has 2 saturated heterocycles. The first-order valence-electron chi connectivity index (χ1n) is 9.21. The minimum Gasteiger partial charge on any atom is -0.356 e. The number of piperazine rings is 1. The molecule has 4 rings (SSSR count). The first kappa shape index (κ1) is 19.6. The Bertz CT molecular complexity index is 965. The van der Waals surface area contributed by atoms with E-state index in [1.807, 2.05) is 0 Å². The second-order valence-corrected chi connectivity index (χ2v) is 10.7. The lowest BCUT2D eigenvalue weighted by atomic mass is 10.2. The van der Waals surface area contributed by atoms with E-state index in [4.69, 9.17) is 11.6 Å². The Morgan fingerprint density at radius 3 is 2.39 bits per heavy atom. The summed E-state index contributed by atoms with van der Waals surface area (Å²) in [7, 11) is -3.57.